The van der Waals surface area contributed by atoms with E-state index in [4.69, 9.17) is 0 Å². The maximum Gasteiger partial charge on any atom is 0.253 e. The van der Waals surface area contributed by atoms with E-state index in [2.05, 4.69) is 17.1 Å². The van der Waals surface area contributed by atoms with E-state index in [0.717, 1.165) is 30.9 Å². The third kappa shape index (κ3) is 2.19. The summed E-state index contributed by atoms with van der Waals surface area (Å²) < 4.78 is 2.03. The van der Waals surface area contributed by atoms with Crippen molar-refractivity contribution in [3.63, 3.8) is 0 Å². The molecular weight excluding hydrogens is 252 g/mol. The van der Waals surface area contributed by atoms with Gasteiger partial charge in [-0.3, -0.25) is 4.79 Å². The van der Waals surface area contributed by atoms with E-state index < -0.39 is 0 Å². The standard InChI is InChI=1S/C15H18N4O/c1-3-12-4-6-13(7-5-12)15(20)18-8-14(9-18)19-10-16-17-11(19)2/h4-7,10,14H,3,8-9H2,1-2H3. The van der Waals surface area contributed by atoms with Gasteiger partial charge in [-0.25, -0.2) is 0 Å². The molecule has 1 amide bonds. The molecule has 0 bridgehead atoms. The predicted octanol–water partition coefficient (Wildman–Crippen LogP) is 1.85. The number of amides is 1. The van der Waals surface area contributed by atoms with Crippen LogP contribution >= 0.6 is 0 Å². The number of aryl methyl sites for hydroxylation is 2. The molecule has 0 N–H and O–H groups in total. The number of rotatable bonds is 3. The summed E-state index contributed by atoms with van der Waals surface area (Å²) in [5, 5.41) is 7.86. The number of likely N-dealkylation sites (tertiary alicyclic amines) is 1. The van der Waals surface area contributed by atoms with Crippen LogP contribution in [0.5, 0.6) is 0 Å². The molecule has 2 heterocycles. The van der Waals surface area contributed by atoms with Gasteiger partial charge in [0, 0.05) is 18.7 Å². The Morgan fingerprint density at radius 3 is 2.55 bits per heavy atom. The molecular formula is C15H18N4O. The molecule has 0 aliphatic carbocycles. The van der Waals surface area contributed by atoms with Crippen molar-refractivity contribution >= 4 is 5.91 Å². The third-order valence-corrected chi connectivity index (χ3v) is 3.90. The molecule has 0 unspecified atom stereocenters. The van der Waals surface area contributed by atoms with Crippen LogP contribution in [0.1, 0.15) is 34.7 Å². The summed E-state index contributed by atoms with van der Waals surface area (Å²) in [5.74, 6) is 1.00. The Morgan fingerprint density at radius 2 is 2.00 bits per heavy atom. The first-order chi connectivity index (χ1) is 9.69. The minimum atomic E-state index is 0.106. The van der Waals surface area contributed by atoms with Gasteiger partial charge in [-0.1, -0.05) is 19.1 Å². The highest BCUT2D eigenvalue weighted by Gasteiger charge is 2.33. The van der Waals surface area contributed by atoms with Gasteiger partial charge in [-0.15, -0.1) is 10.2 Å². The molecule has 1 aliphatic rings. The number of hydrogen-bond donors (Lipinski definition) is 0. The smallest absolute Gasteiger partial charge is 0.253 e. The molecule has 3 rings (SSSR count). The van der Waals surface area contributed by atoms with Gasteiger partial charge >= 0.3 is 0 Å². The van der Waals surface area contributed by atoms with Crippen LogP contribution in [0.2, 0.25) is 0 Å². The summed E-state index contributed by atoms with van der Waals surface area (Å²) in [6, 6.07) is 8.18. The Kier molecular flexibility index (Phi) is 3.26. The number of carbonyl (C=O) groups excluding carboxylic acids is 1. The first kappa shape index (κ1) is 12.8. The first-order valence-electron chi connectivity index (χ1n) is 6.93. The van der Waals surface area contributed by atoms with Gasteiger partial charge in [0.2, 0.25) is 0 Å². The molecule has 1 aromatic heterocycles. The summed E-state index contributed by atoms with van der Waals surface area (Å²) in [6.45, 7) is 5.50. The predicted molar refractivity (Wildman–Crippen MR) is 75.5 cm³/mol. The Hall–Kier alpha value is -2.17. The van der Waals surface area contributed by atoms with Crippen LogP contribution in [-0.2, 0) is 6.42 Å². The lowest BCUT2D eigenvalue weighted by Gasteiger charge is -2.40. The molecule has 0 atom stereocenters. The zero-order valence-corrected chi connectivity index (χ0v) is 11.8. The molecule has 1 fully saturated rings. The van der Waals surface area contributed by atoms with E-state index in [1.54, 1.807) is 6.33 Å². The lowest BCUT2D eigenvalue weighted by Crippen LogP contribution is -2.50. The fourth-order valence-electron chi connectivity index (χ4n) is 2.52. The minimum Gasteiger partial charge on any atom is -0.334 e. The summed E-state index contributed by atoms with van der Waals surface area (Å²) in [7, 11) is 0. The van der Waals surface area contributed by atoms with Crippen molar-refractivity contribution in [2.24, 2.45) is 0 Å². The van der Waals surface area contributed by atoms with E-state index in [0.29, 0.717) is 6.04 Å². The number of hydrogen-bond acceptors (Lipinski definition) is 3. The zero-order chi connectivity index (χ0) is 14.1. The Bertz CT molecular complexity index is 611. The van der Waals surface area contributed by atoms with Gasteiger partial charge in [-0.2, -0.15) is 0 Å². The van der Waals surface area contributed by atoms with Gasteiger partial charge in [0.25, 0.3) is 5.91 Å². The highest BCUT2D eigenvalue weighted by molar-refractivity contribution is 5.94. The maximum absolute atomic E-state index is 12.3. The number of benzene rings is 1. The van der Waals surface area contributed by atoms with Gasteiger partial charge < -0.3 is 9.47 Å². The Morgan fingerprint density at radius 1 is 1.30 bits per heavy atom. The number of carbonyl (C=O) groups is 1. The summed E-state index contributed by atoms with van der Waals surface area (Å²) in [5.41, 5.74) is 2.02. The molecule has 5 heteroatoms. The van der Waals surface area contributed by atoms with Crippen LogP contribution < -0.4 is 0 Å². The molecule has 104 valence electrons. The van der Waals surface area contributed by atoms with Crippen molar-refractivity contribution in [3.05, 3.63) is 47.5 Å². The quantitative estimate of drug-likeness (QED) is 0.855. The molecule has 1 aliphatic heterocycles. The van der Waals surface area contributed by atoms with Crippen LogP contribution in [0.15, 0.2) is 30.6 Å². The fraction of sp³-hybridized carbons (Fsp3) is 0.400. The maximum atomic E-state index is 12.3. The molecule has 1 saturated heterocycles. The lowest BCUT2D eigenvalue weighted by atomic mass is 10.0. The van der Waals surface area contributed by atoms with E-state index in [1.165, 1.54) is 5.56 Å². The van der Waals surface area contributed by atoms with E-state index in [-0.39, 0.29) is 5.91 Å². The normalized spacial score (nSPS) is 15.2. The zero-order valence-electron chi connectivity index (χ0n) is 11.8. The summed E-state index contributed by atoms with van der Waals surface area (Å²) >= 11 is 0. The van der Waals surface area contributed by atoms with Gasteiger partial charge in [0.15, 0.2) is 0 Å². The van der Waals surface area contributed by atoms with Crippen molar-refractivity contribution in [1.82, 2.24) is 19.7 Å². The van der Waals surface area contributed by atoms with Crippen molar-refractivity contribution in [2.45, 2.75) is 26.3 Å². The fourth-order valence-corrected chi connectivity index (χ4v) is 2.52. The SMILES string of the molecule is CCc1ccc(C(=O)N2CC(n3cnnc3C)C2)cc1. The second-order valence-electron chi connectivity index (χ2n) is 5.20. The number of nitrogens with zero attached hydrogens (tertiary/aromatic N) is 4. The number of aromatic nitrogens is 3. The van der Waals surface area contributed by atoms with Crippen molar-refractivity contribution in [1.29, 1.82) is 0 Å². The average Bonchev–Trinajstić information content (AvgIpc) is 2.83. The van der Waals surface area contributed by atoms with Crippen molar-refractivity contribution < 1.29 is 4.79 Å². The first-order valence-corrected chi connectivity index (χ1v) is 6.93. The van der Waals surface area contributed by atoms with E-state index in [1.807, 2.05) is 40.7 Å². The third-order valence-electron chi connectivity index (χ3n) is 3.90. The largest absolute Gasteiger partial charge is 0.334 e. The highest BCUT2D eigenvalue weighted by Crippen LogP contribution is 2.23. The summed E-state index contributed by atoms with van der Waals surface area (Å²) in [4.78, 5) is 14.2. The Labute approximate surface area is 118 Å². The lowest BCUT2D eigenvalue weighted by molar-refractivity contribution is 0.0517. The second kappa shape index (κ2) is 5.07. The minimum absolute atomic E-state index is 0.106. The van der Waals surface area contributed by atoms with Crippen LogP contribution in [0.25, 0.3) is 0 Å². The van der Waals surface area contributed by atoms with Gasteiger partial charge in [-0.05, 0) is 31.0 Å². The van der Waals surface area contributed by atoms with Crippen LogP contribution in [0.3, 0.4) is 0 Å². The topological polar surface area (TPSA) is 51.0 Å². The molecule has 0 spiro atoms. The van der Waals surface area contributed by atoms with Crippen LogP contribution in [-0.4, -0.2) is 38.7 Å². The molecule has 20 heavy (non-hydrogen) atoms. The van der Waals surface area contributed by atoms with Crippen LogP contribution in [0.4, 0.5) is 0 Å². The molecule has 0 radical (unpaired) electrons. The van der Waals surface area contributed by atoms with E-state index in [9.17, 15) is 4.79 Å². The second-order valence-corrected chi connectivity index (χ2v) is 5.20. The van der Waals surface area contributed by atoms with Crippen molar-refractivity contribution in [2.75, 3.05) is 13.1 Å². The van der Waals surface area contributed by atoms with Crippen LogP contribution in [0, 0.1) is 6.92 Å². The average molecular weight is 270 g/mol. The Balaban J connectivity index is 1.64. The monoisotopic (exact) mass is 270 g/mol. The van der Waals surface area contributed by atoms with Gasteiger partial charge in [0.05, 0.1) is 6.04 Å². The highest BCUT2D eigenvalue weighted by atomic mass is 16.2. The molecule has 1 aromatic carbocycles. The molecule has 5 nitrogen and oxygen atoms in total. The van der Waals surface area contributed by atoms with E-state index >= 15 is 0 Å². The summed E-state index contributed by atoms with van der Waals surface area (Å²) in [6.07, 6.45) is 2.73. The van der Waals surface area contributed by atoms with Gasteiger partial charge in [0.1, 0.15) is 12.2 Å². The molecule has 2 aromatic rings. The molecule has 0 saturated carbocycles. The van der Waals surface area contributed by atoms with Crippen molar-refractivity contribution in [3.8, 4) is 0 Å².